The Kier molecular flexibility index (Phi) is 32.0. The number of anilines is 1. The Balaban J connectivity index is -0.000000385. The first-order valence-corrected chi connectivity index (χ1v) is 16.7. The Morgan fingerprint density at radius 3 is 1.53 bits per heavy atom. The van der Waals surface area contributed by atoms with Crippen molar-refractivity contribution in [3.8, 4) is 0 Å². The van der Waals surface area contributed by atoms with Crippen LogP contribution in [0.15, 0.2) is 36.4 Å². The molecule has 0 bridgehead atoms. The quantitative estimate of drug-likeness (QED) is 0.0677. The minimum absolute atomic E-state index is 0. The molecule has 3 N–H and O–H groups in total. The van der Waals surface area contributed by atoms with Gasteiger partial charge in [-0.15, -0.1) is 0 Å². The first-order valence-electron chi connectivity index (χ1n) is 17.4. The molecule has 0 heterocycles. The Bertz CT molecular complexity index is 1610. The molecule has 2 saturated carbocycles. The summed E-state index contributed by atoms with van der Waals surface area (Å²) >= 11 is 0. The fourth-order valence-corrected chi connectivity index (χ4v) is 5.67. The van der Waals surface area contributed by atoms with Crippen LogP contribution in [0.4, 0.5) is 52.2 Å². The number of nitrogens with one attached hydrogen (secondary N) is 1. The number of ether oxygens (including phenoxy) is 2. The number of nitrogens with zero attached hydrogens (tertiary/aromatic N) is 2. The van der Waals surface area contributed by atoms with E-state index in [1.165, 1.54) is 14.2 Å². The number of alkyl halides is 7. The molecule has 0 atom stereocenters. The van der Waals surface area contributed by atoms with Crippen molar-refractivity contribution in [2.45, 2.75) is 63.7 Å². The molecule has 324 valence electrons. The number of rotatable bonds is 9. The number of nitrogens with two attached hydrogens (primary N) is 1. The maximum atomic E-state index is 12.8. The van der Waals surface area contributed by atoms with Crippen LogP contribution in [0.1, 0.15) is 65.3 Å². The van der Waals surface area contributed by atoms with Crippen LogP contribution in [0, 0.1) is 49.7 Å². The minimum atomic E-state index is -4.70. The summed E-state index contributed by atoms with van der Waals surface area (Å²) in [6.07, 6.45) is -2.50. The molecule has 0 amide bonds. The van der Waals surface area contributed by atoms with Gasteiger partial charge in [-0.1, -0.05) is 0 Å². The molecule has 4 rings (SSSR count). The standard InChI is InChI=1S/C16H19F3N2O4.C9H17NO2.C7H3F4NO2.CH3F.CH2O3.2K.H/c1-25-15(22)11-4-2-10(3-5-11)9-20-13-8-12(16(17,18)19)6-7-14(13)21(23)24;1-12-9(11)8-4-2-7(6-10)3-5-8;8-5-3-4(7(9,10)11)1-2-6(5)12(13)14;1-2;2-1-4-3;;;/h6-8,10-11,20H,2-5,9H2,1H3;7-8H,2-6,10H2,1H3;1-3H;1H3;1,3H;;;/q;;;;;2*+1;-1/p-1/i;;;1D;;;;. The van der Waals surface area contributed by atoms with E-state index in [1.807, 2.05) is 0 Å². The van der Waals surface area contributed by atoms with Crippen molar-refractivity contribution in [1.29, 1.82) is 0 Å². The van der Waals surface area contributed by atoms with Gasteiger partial charge in [0, 0.05) is 18.7 Å². The molecule has 2 aromatic carbocycles. The molecule has 0 spiro atoms. The topological polar surface area (TPSA) is 226 Å². The van der Waals surface area contributed by atoms with E-state index >= 15 is 0 Å². The monoisotopic (exact) mass is 915 g/mol. The second-order valence-electron chi connectivity index (χ2n) is 12.2. The fourth-order valence-electron chi connectivity index (χ4n) is 5.67. The minimum Gasteiger partial charge on any atom is -1.00 e. The van der Waals surface area contributed by atoms with E-state index in [0.717, 1.165) is 44.4 Å². The summed E-state index contributed by atoms with van der Waals surface area (Å²) in [5, 5.41) is 32.3. The Hall–Kier alpha value is -1.92. The van der Waals surface area contributed by atoms with E-state index in [-0.39, 0.29) is 152 Å². The van der Waals surface area contributed by atoms with Gasteiger partial charge in [0.1, 0.15) is 5.69 Å². The summed E-state index contributed by atoms with van der Waals surface area (Å²) in [7, 11) is 1.79. The second kappa shape index (κ2) is 31.9. The number of carbonyl (C=O) groups excluding carboxylic acids is 3. The van der Waals surface area contributed by atoms with E-state index in [4.69, 9.17) is 21.9 Å². The molecule has 25 heteroatoms. The summed E-state index contributed by atoms with van der Waals surface area (Å²) in [5.74, 6) is -1.04. The molecule has 0 saturated heterocycles. The number of hydrogen-bond acceptors (Lipinski definition) is 13. The molecule has 2 aliphatic rings. The fraction of sp³-hybridized carbons (Fsp3) is 0.559. The van der Waals surface area contributed by atoms with E-state index in [1.54, 1.807) is 0 Å². The molecule has 0 aliphatic heterocycles. The summed E-state index contributed by atoms with van der Waals surface area (Å²) in [6.45, 7) is 0.893. The predicted molar refractivity (Wildman–Crippen MR) is 184 cm³/mol. The number of methoxy groups -OCH3 is 2. The van der Waals surface area contributed by atoms with Crippen molar-refractivity contribution in [2.24, 2.45) is 29.4 Å². The molecule has 0 aromatic heterocycles. The van der Waals surface area contributed by atoms with Gasteiger partial charge in [0.05, 0.1) is 55.6 Å². The van der Waals surface area contributed by atoms with Gasteiger partial charge in [0.2, 0.25) is 5.82 Å². The average Bonchev–Trinajstić information content (AvgIpc) is 3.19. The van der Waals surface area contributed by atoms with Gasteiger partial charge in [-0.05, 0) is 94.0 Å². The molecule has 2 aromatic rings. The number of nitro benzene ring substituents is 2. The van der Waals surface area contributed by atoms with Crippen molar-refractivity contribution in [1.82, 2.24) is 0 Å². The van der Waals surface area contributed by atoms with Crippen molar-refractivity contribution in [2.75, 3.05) is 39.8 Å². The van der Waals surface area contributed by atoms with Crippen molar-refractivity contribution >= 4 is 35.5 Å². The van der Waals surface area contributed by atoms with E-state index in [0.29, 0.717) is 56.3 Å². The summed E-state index contributed by atoms with van der Waals surface area (Å²) in [5.41, 5.74) is 1.85. The van der Waals surface area contributed by atoms with Crippen LogP contribution < -0.4 is 119 Å². The zero-order valence-electron chi connectivity index (χ0n) is 34.6. The number of hydrogen-bond donors (Lipinski definition) is 2. The number of nitro groups is 2. The number of halogens is 8. The molecule has 0 unspecified atom stereocenters. The summed E-state index contributed by atoms with van der Waals surface area (Å²) in [6, 6.07) is 3.36. The van der Waals surface area contributed by atoms with Gasteiger partial charge in [-0.2, -0.15) is 30.7 Å². The number of carbonyl (C=O) groups is 3. The maximum absolute atomic E-state index is 12.8. The SMILES string of the molecule is COC(=O)C1CCC(CN)CC1.COC(=O)C1CCC(CNc2cc(C(F)(F)F)ccc2[N+](=O)[O-])CC1.O=CO[O-].O=[N+]([O-])c1ccc(C(F)(F)F)cc1F.[2H]CF.[H-].[K+].[K+]. The van der Waals surface area contributed by atoms with Crippen LogP contribution in [0.3, 0.4) is 0 Å². The largest absolute Gasteiger partial charge is 1.00 e. The van der Waals surface area contributed by atoms with Crippen LogP contribution >= 0.6 is 0 Å². The van der Waals surface area contributed by atoms with Crippen LogP contribution in [0.2, 0.25) is 0 Å². The number of esters is 2. The van der Waals surface area contributed by atoms with Gasteiger partial charge >= 0.3 is 133 Å². The predicted octanol–water partition coefficient (Wildman–Crippen LogP) is 0.823. The van der Waals surface area contributed by atoms with E-state index in [9.17, 15) is 64.9 Å². The van der Waals surface area contributed by atoms with Crippen molar-refractivity contribution in [3.05, 3.63) is 73.6 Å². The van der Waals surface area contributed by atoms with E-state index < -0.39 is 57.7 Å². The van der Waals surface area contributed by atoms with Crippen molar-refractivity contribution in [3.63, 3.8) is 0 Å². The Morgan fingerprint density at radius 1 is 0.831 bits per heavy atom. The Morgan fingerprint density at radius 2 is 1.20 bits per heavy atom. The third-order valence-electron chi connectivity index (χ3n) is 8.71. The third kappa shape index (κ3) is 23.2. The molecule has 2 fully saturated rings. The first kappa shape index (κ1) is 59.2. The Labute approximate surface area is 421 Å². The zero-order chi connectivity index (χ0) is 44.6. The third-order valence-corrected chi connectivity index (χ3v) is 8.71. The smallest absolute Gasteiger partial charge is 1.00 e. The molecule has 0 radical (unpaired) electrons. The molecular weight excluding hydrogens is 871 g/mol. The van der Waals surface area contributed by atoms with Gasteiger partial charge < -0.3 is 32.1 Å². The average molecular weight is 916 g/mol. The number of benzene rings is 2. The maximum Gasteiger partial charge on any atom is 1.00 e. The second-order valence-corrected chi connectivity index (χ2v) is 12.2. The summed E-state index contributed by atoms with van der Waals surface area (Å²) < 4.78 is 112. The van der Waals surface area contributed by atoms with Crippen LogP contribution in [0.5, 0.6) is 0 Å². The van der Waals surface area contributed by atoms with Gasteiger partial charge in [0.25, 0.3) is 12.2 Å². The van der Waals surface area contributed by atoms with Gasteiger partial charge in [-0.25, -0.2) is 0 Å². The normalized spacial score (nSPS) is 18.3. The van der Waals surface area contributed by atoms with Gasteiger partial charge in [0.15, 0.2) is 0 Å². The molecule has 59 heavy (non-hydrogen) atoms. The van der Waals surface area contributed by atoms with Crippen LogP contribution in [-0.2, 0) is 41.1 Å². The van der Waals surface area contributed by atoms with E-state index in [2.05, 4.69) is 14.9 Å². The summed E-state index contributed by atoms with van der Waals surface area (Å²) in [4.78, 5) is 53.1. The van der Waals surface area contributed by atoms with Crippen LogP contribution in [0.25, 0.3) is 0 Å². The molecule has 2 aliphatic carbocycles. The molecular formula is C34H44F8K2N4O11. The van der Waals surface area contributed by atoms with Crippen LogP contribution in [-0.4, -0.2) is 62.7 Å². The first-order chi connectivity index (χ1) is 27.1. The molecule has 15 nitrogen and oxygen atoms in total. The van der Waals surface area contributed by atoms with Crippen molar-refractivity contribution < 1.29 is 185 Å². The van der Waals surface area contributed by atoms with Gasteiger partial charge in [-0.3, -0.25) is 39.0 Å². The zero-order valence-corrected chi connectivity index (χ0v) is 38.9.